The lowest BCUT2D eigenvalue weighted by Gasteiger charge is -2.03. The highest BCUT2D eigenvalue weighted by Crippen LogP contribution is 2.31. The highest BCUT2D eigenvalue weighted by Gasteiger charge is 2.13. The molecule has 136 valence electrons. The lowest BCUT2D eigenvalue weighted by atomic mass is 10.1. The molecular weight excluding hydrogens is 356 g/mol. The third kappa shape index (κ3) is 2.99. The van der Waals surface area contributed by atoms with Gasteiger partial charge in [0, 0.05) is 16.3 Å². The number of carbonyl (C=O) groups excluding carboxylic acids is 1. The van der Waals surface area contributed by atoms with Gasteiger partial charge >= 0.3 is 5.97 Å². The predicted octanol–water partition coefficient (Wildman–Crippen LogP) is 3.85. The SMILES string of the molecule is O=C(Cn1nnc(-c2ccccc2)n1)Oc1ccc2oc3ccccc3c2c1. The first-order valence-corrected chi connectivity index (χ1v) is 8.71. The molecule has 0 aliphatic carbocycles. The lowest BCUT2D eigenvalue weighted by Crippen LogP contribution is -2.18. The molecule has 7 nitrogen and oxygen atoms in total. The van der Waals surface area contributed by atoms with Gasteiger partial charge in [-0.15, -0.1) is 10.2 Å². The Kier molecular flexibility index (Phi) is 3.83. The van der Waals surface area contributed by atoms with Crippen molar-refractivity contribution >= 4 is 27.9 Å². The number of furan rings is 1. The molecule has 0 aliphatic rings. The fourth-order valence-electron chi connectivity index (χ4n) is 3.06. The van der Waals surface area contributed by atoms with Crippen LogP contribution in [-0.2, 0) is 11.3 Å². The summed E-state index contributed by atoms with van der Waals surface area (Å²) in [4.78, 5) is 13.5. The van der Waals surface area contributed by atoms with Crippen LogP contribution < -0.4 is 4.74 Å². The summed E-state index contributed by atoms with van der Waals surface area (Å²) in [5, 5.41) is 14.0. The quantitative estimate of drug-likeness (QED) is 0.353. The number of nitrogens with zero attached hydrogens (tertiary/aromatic N) is 4. The van der Waals surface area contributed by atoms with Crippen LogP contribution in [0.4, 0.5) is 0 Å². The molecule has 7 heteroatoms. The number of hydrogen-bond donors (Lipinski definition) is 0. The number of aromatic nitrogens is 4. The van der Waals surface area contributed by atoms with Crippen LogP contribution in [0.15, 0.2) is 77.2 Å². The third-order valence-corrected chi connectivity index (χ3v) is 4.34. The number of ether oxygens (including phenoxy) is 1. The Labute approximate surface area is 159 Å². The zero-order chi connectivity index (χ0) is 18.9. The maximum atomic E-state index is 12.3. The van der Waals surface area contributed by atoms with Crippen molar-refractivity contribution in [1.82, 2.24) is 20.2 Å². The Morgan fingerprint density at radius 2 is 1.71 bits per heavy atom. The molecule has 0 bridgehead atoms. The van der Waals surface area contributed by atoms with Gasteiger partial charge in [0.05, 0.1) is 0 Å². The van der Waals surface area contributed by atoms with E-state index >= 15 is 0 Å². The van der Waals surface area contributed by atoms with Crippen LogP contribution in [0, 0.1) is 0 Å². The molecule has 0 N–H and O–H groups in total. The second-order valence-electron chi connectivity index (χ2n) is 6.24. The van der Waals surface area contributed by atoms with Gasteiger partial charge in [0.25, 0.3) is 0 Å². The van der Waals surface area contributed by atoms with E-state index in [0.29, 0.717) is 11.6 Å². The van der Waals surface area contributed by atoms with E-state index in [-0.39, 0.29) is 6.54 Å². The standard InChI is InChI=1S/C21H14N4O3/c26-20(13-25-23-21(22-24-25)14-6-2-1-3-7-14)27-15-10-11-19-17(12-15)16-8-4-5-9-18(16)28-19/h1-12H,13H2. The van der Waals surface area contributed by atoms with Gasteiger partial charge in [0.15, 0.2) is 6.54 Å². The number of carbonyl (C=O) groups is 1. The molecule has 0 radical (unpaired) electrons. The van der Waals surface area contributed by atoms with Crippen molar-refractivity contribution < 1.29 is 13.9 Å². The van der Waals surface area contributed by atoms with E-state index in [1.807, 2.05) is 54.6 Å². The maximum Gasteiger partial charge on any atom is 0.335 e. The van der Waals surface area contributed by atoms with Gasteiger partial charge in [-0.1, -0.05) is 48.5 Å². The third-order valence-electron chi connectivity index (χ3n) is 4.34. The number of hydrogen-bond acceptors (Lipinski definition) is 6. The zero-order valence-electron chi connectivity index (χ0n) is 14.6. The molecule has 0 saturated carbocycles. The van der Waals surface area contributed by atoms with Crippen molar-refractivity contribution in [3.8, 4) is 17.1 Å². The summed E-state index contributed by atoms with van der Waals surface area (Å²) < 4.78 is 11.2. The van der Waals surface area contributed by atoms with Crippen LogP contribution in [0.1, 0.15) is 0 Å². The molecule has 28 heavy (non-hydrogen) atoms. The van der Waals surface area contributed by atoms with Gasteiger partial charge in [-0.05, 0) is 29.5 Å². The summed E-state index contributed by atoms with van der Waals surface area (Å²) in [6, 6.07) is 22.5. The molecule has 0 fully saturated rings. The van der Waals surface area contributed by atoms with Gasteiger partial charge in [0.2, 0.25) is 5.82 Å². The smallest absolute Gasteiger partial charge is 0.335 e. The maximum absolute atomic E-state index is 12.3. The lowest BCUT2D eigenvalue weighted by molar-refractivity contribution is -0.135. The number of para-hydroxylation sites is 1. The Bertz CT molecular complexity index is 1290. The van der Waals surface area contributed by atoms with Crippen LogP contribution in [-0.4, -0.2) is 26.2 Å². The number of rotatable bonds is 4. The zero-order valence-corrected chi connectivity index (χ0v) is 14.6. The number of fused-ring (bicyclic) bond motifs is 3. The Morgan fingerprint density at radius 3 is 2.61 bits per heavy atom. The Morgan fingerprint density at radius 1 is 0.929 bits per heavy atom. The van der Waals surface area contributed by atoms with Gasteiger partial charge in [0.1, 0.15) is 16.9 Å². The summed E-state index contributed by atoms with van der Waals surface area (Å²) in [7, 11) is 0. The van der Waals surface area contributed by atoms with Gasteiger partial charge in [-0.3, -0.25) is 0 Å². The van der Waals surface area contributed by atoms with E-state index in [2.05, 4.69) is 15.4 Å². The fraction of sp³-hybridized carbons (Fsp3) is 0.0476. The normalized spacial score (nSPS) is 11.1. The number of tetrazole rings is 1. The highest BCUT2D eigenvalue weighted by atomic mass is 16.5. The van der Waals surface area contributed by atoms with Crippen LogP contribution in [0.3, 0.4) is 0 Å². The molecule has 5 aromatic rings. The molecular formula is C21H14N4O3. The second-order valence-corrected chi connectivity index (χ2v) is 6.24. The van der Waals surface area contributed by atoms with Crippen molar-refractivity contribution in [2.24, 2.45) is 0 Å². The summed E-state index contributed by atoms with van der Waals surface area (Å²) in [6.07, 6.45) is 0. The van der Waals surface area contributed by atoms with Crippen molar-refractivity contribution in [3.63, 3.8) is 0 Å². The van der Waals surface area contributed by atoms with E-state index in [1.54, 1.807) is 18.2 Å². The fourth-order valence-corrected chi connectivity index (χ4v) is 3.06. The minimum atomic E-state index is -0.482. The molecule has 0 amide bonds. The number of benzene rings is 3. The minimum absolute atomic E-state index is 0.135. The molecule has 0 saturated heterocycles. The first-order valence-electron chi connectivity index (χ1n) is 8.71. The average molecular weight is 370 g/mol. The van der Waals surface area contributed by atoms with E-state index in [0.717, 1.165) is 27.5 Å². The summed E-state index contributed by atoms with van der Waals surface area (Å²) >= 11 is 0. The van der Waals surface area contributed by atoms with Crippen molar-refractivity contribution in [1.29, 1.82) is 0 Å². The summed E-state index contributed by atoms with van der Waals surface area (Å²) in [6.45, 7) is -0.135. The molecule has 3 aromatic carbocycles. The molecule has 0 aliphatic heterocycles. The summed E-state index contributed by atoms with van der Waals surface area (Å²) in [5.41, 5.74) is 2.37. The molecule has 5 rings (SSSR count). The van der Waals surface area contributed by atoms with Gasteiger partial charge < -0.3 is 9.15 Å². The van der Waals surface area contributed by atoms with E-state index in [4.69, 9.17) is 9.15 Å². The minimum Gasteiger partial charge on any atom is -0.456 e. The van der Waals surface area contributed by atoms with Crippen molar-refractivity contribution in [3.05, 3.63) is 72.8 Å². The van der Waals surface area contributed by atoms with E-state index in [9.17, 15) is 4.79 Å². The van der Waals surface area contributed by atoms with Crippen LogP contribution >= 0.6 is 0 Å². The molecule has 0 unspecified atom stereocenters. The van der Waals surface area contributed by atoms with E-state index < -0.39 is 5.97 Å². The van der Waals surface area contributed by atoms with Crippen molar-refractivity contribution in [2.75, 3.05) is 0 Å². The number of esters is 1. The first-order chi connectivity index (χ1) is 13.8. The Balaban J connectivity index is 1.34. The summed E-state index contributed by atoms with van der Waals surface area (Å²) in [5.74, 6) is 0.413. The second kappa shape index (κ2) is 6.62. The highest BCUT2D eigenvalue weighted by molar-refractivity contribution is 6.05. The topological polar surface area (TPSA) is 83.0 Å². The molecule has 2 heterocycles. The molecule has 0 spiro atoms. The largest absolute Gasteiger partial charge is 0.456 e. The average Bonchev–Trinajstić information content (AvgIpc) is 3.33. The first kappa shape index (κ1) is 16.2. The van der Waals surface area contributed by atoms with Gasteiger partial charge in [-0.2, -0.15) is 4.80 Å². The van der Waals surface area contributed by atoms with Crippen LogP contribution in [0.5, 0.6) is 5.75 Å². The predicted molar refractivity (Wildman–Crippen MR) is 103 cm³/mol. The van der Waals surface area contributed by atoms with E-state index in [1.165, 1.54) is 4.80 Å². The van der Waals surface area contributed by atoms with Crippen molar-refractivity contribution in [2.45, 2.75) is 6.54 Å². The van der Waals surface area contributed by atoms with Crippen LogP contribution in [0.25, 0.3) is 33.3 Å². The molecule has 2 aromatic heterocycles. The van der Waals surface area contributed by atoms with Gasteiger partial charge in [-0.25, -0.2) is 4.79 Å². The van der Waals surface area contributed by atoms with Crippen LogP contribution in [0.2, 0.25) is 0 Å². The Hall–Kier alpha value is -4.00. The molecule has 0 atom stereocenters. The monoisotopic (exact) mass is 370 g/mol.